The molecular weight excluding hydrogens is 520 g/mol. The van der Waals surface area contributed by atoms with Crippen LogP contribution in [0, 0.1) is 11.6 Å². The minimum Gasteiger partial charge on any atom is -0.496 e. The lowest BCUT2D eigenvalue weighted by Gasteiger charge is -2.37. The van der Waals surface area contributed by atoms with E-state index in [1.165, 1.54) is 26.2 Å². The molecule has 1 aliphatic rings. The zero-order valence-corrected chi connectivity index (χ0v) is 22.6. The highest BCUT2D eigenvalue weighted by Gasteiger charge is 2.27. The molecule has 0 aliphatic carbocycles. The number of benzene rings is 2. The van der Waals surface area contributed by atoms with Gasteiger partial charge in [0, 0.05) is 47.9 Å². The molecule has 2 aromatic heterocycles. The molecule has 5 rings (SSSR count). The van der Waals surface area contributed by atoms with Gasteiger partial charge in [-0.15, -0.1) is 0 Å². The highest BCUT2D eigenvalue weighted by Crippen LogP contribution is 2.35. The third-order valence-corrected chi connectivity index (χ3v) is 7.16. The molecule has 40 heavy (non-hydrogen) atoms. The van der Waals surface area contributed by atoms with Crippen molar-refractivity contribution in [2.24, 2.45) is 0 Å². The van der Waals surface area contributed by atoms with Gasteiger partial charge in [0.25, 0.3) is 0 Å². The van der Waals surface area contributed by atoms with Crippen LogP contribution in [0.5, 0.6) is 5.75 Å². The van der Waals surface area contributed by atoms with Gasteiger partial charge in [0.05, 0.1) is 19.0 Å². The van der Waals surface area contributed by atoms with Crippen molar-refractivity contribution in [3.63, 3.8) is 0 Å². The summed E-state index contributed by atoms with van der Waals surface area (Å²) < 4.78 is 39.1. The predicted molar refractivity (Wildman–Crippen MR) is 149 cm³/mol. The molecule has 1 aliphatic heterocycles. The maximum absolute atomic E-state index is 14.7. The van der Waals surface area contributed by atoms with E-state index in [9.17, 15) is 18.4 Å². The van der Waals surface area contributed by atoms with Crippen molar-refractivity contribution >= 4 is 34.1 Å². The smallest absolute Gasteiger partial charge is 0.349 e. The van der Waals surface area contributed by atoms with Crippen molar-refractivity contribution < 1.29 is 22.7 Å². The third kappa shape index (κ3) is 5.24. The van der Waals surface area contributed by atoms with Crippen molar-refractivity contribution in [1.29, 1.82) is 0 Å². The molecule has 0 saturated carbocycles. The van der Waals surface area contributed by atoms with Crippen molar-refractivity contribution in [3.8, 4) is 17.0 Å². The maximum Gasteiger partial charge on any atom is 0.349 e. The number of fused-ring (bicyclic) bond motifs is 1. The van der Waals surface area contributed by atoms with Crippen molar-refractivity contribution in [2.45, 2.75) is 25.8 Å². The van der Waals surface area contributed by atoms with Gasteiger partial charge < -0.3 is 24.3 Å². The predicted octanol–water partition coefficient (Wildman–Crippen LogP) is 5.01. The number of piperidine rings is 1. The average Bonchev–Trinajstić information content (AvgIpc) is 2.93. The number of ether oxygens (including phenoxy) is 1. The van der Waals surface area contributed by atoms with Crippen molar-refractivity contribution in [1.82, 2.24) is 14.9 Å². The number of nitrogens with one attached hydrogen (secondary N) is 1. The van der Waals surface area contributed by atoms with Gasteiger partial charge in [-0.2, -0.15) is 0 Å². The SMILES string of the molecule is COc1cc(F)ccc1-c1nc(Nc2ccc3c(N4CCC(N(C)C)CC4)c(C(C)=O)c(=O)oc3c2)ncc1F. The molecule has 4 aromatic rings. The van der Waals surface area contributed by atoms with E-state index in [1.54, 1.807) is 18.2 Å². The summed E-state index contributed by atoms with van der Waals surface area (Å²) in [5.74, 6) is -1.40. The van der Waals surface area contributed by atoms with Crippen LogP contribution in [0.25, 0.3) is 22.2 Å². The summed E-state index contributed by atoms with van der Waals surface area (Å²) in [6.45, 7) is 2.76. The van der Waals surface area contributed by atoms with Crippen LogP contribution in [-0.4, -0.2) is 61.0 Å². The lowest BCUT2D eigenvalue weighted by molar-refractivity contribution is 0.101. The molecule has 1 fully saturated rings. The van der Waals surface area contributed by atoms with E-state index in [-0.39, 0.29) is 39.9 Å². The second kappa shape index (κ2) is 11.0. The first-order chi connectivity index (χ1) is 19.2. The van der Waals surface area contributed by atoms with Gasteiger partial charge in [0.2, 0.25) is 5.95 Å². The minimum atomic E-state index is -0.709. The number of nitrogens with zero attached hydrogens (tertiary/aromatic N) is 4. The van der Waals surface area contributed by atoms with Crippen LogP contribution in [0.3, 0.4) is 0 Å². The monoisotopic (exact) mass is 549 g/mol. The molecule has 0 radical (unpaired) electrons. The largest absolute Gasteiger partial charge is 0.496 e. The van der Waals surface area contributed by atoms with Crippen LogP contribution in [0.2, 0.25) is 0 Å². The molecule has 11 heteroatoms. The Kier molecular flexibility index (Phi) is 7.49. The number of rotatable bonds is 7. The van der Waals surface area contributed by atoms with Gasteiger partial charge in [-0.05, 0) is 58.1 Å². The molecule has 0 amide bonds. The average molecular weight is 550 g/mol. The number of carbonyl (C=O) groups is 1. The number of ketones is 1. The fourth-order valence-electron chi connectivity index (χ4n) is 5.11. The second-order valence-corrected chi connectivity index (χ2v) is 9.92. The molecule has 9 nitrogen and oxygen atoms in total. The highest BCUT2D eigenvalue weighted by atomic mass is 19.1. The molecule has 0 unspecified atom stereocenters. The first-order valence-corrected chi connectivity index (χ1v) is 12.8. The Bertz CT molecular complexity index is 1650. The van der Waals surface area contributed by atoms with Crippen molar-refractivity contribution in [2.75, 3.05) is 44.5 Å². The first-order valence-electron chi connectivity index (χ1n) is 12.8. The summed E-state index contributed by atoms with van der Waals surface area (Å²) in [5.41, 5.74) is 0.861. The Hall–Kier alpha value is -4.38. The Morgan fingerprint density at radius 2 is 1.90 bits per heavy atom. The molecule has 0 bridgehead atoms. The summed E-state index contributed by atoms with van der Waals surface area (Å²) in [5, 5.41) is 3.64. The molecule has 3 heterocycles. The van der Waals surface area contributed by atoms with E-state index < -0.39 is 17.3 Å². The van der Waals surface area contributed by atoms with Gasteiger partial charge in [0.1, 0.15) is 28.4 Å². The molecule has 1 saturated heterocycles. The Labute approximate surface area is 229 Å². The summed E-state index contributed by atoms with van der Waals surface area (Å²) in [4.78, 5) is 38.0. The first kappa shape index (κ1) is 27.2. The molecular formula is C29H29F2N5O4. The fourth-order valence-corrected chi connectivity index (χ4v) is 5.11. The van der Waals surface area contributed by atoms with E-state index in [1.807, 2.05) is 14.1 Å². The summed E-state index contributed by atoms with van der Waals surface area (Å²) in [6.07, 6.45) is 2.80. The zero-order chi connectivity index (χ0) is 28.6. The van der Waals surface area contributed by atoms with Gasteiger partial charge in [-0.25, -0.2) is 23.5 Å². The van der Waals surface area contributed by atoms with Crippen LogP contribution < -0.4 is 20.6 Å². The number of Topliss-reactive ketones (excluding diaryl/α,β-unsaturated/α-hetero) is 1. The van der Waals surface area contributed by atoms with E-state index in [0.29, 0.717) is 35.9 Å². The summed E-state index contributed by atoms with van der Waals surface area (Å²) in [7, 11) is 5.45. The zero-order valence-electron chi connectivity index (χ0n) is 22.6. The minimum absolute atomic E-state index is 0.0382. The second-order valence-electron chi connectivity index (χ2n) is 9.92. The lowest BCUT2D eigenvalue weighted by Crippen LogP contribution is -2.43. The number of halogens is 2. The Morgan fingerprint density at radius 3 is 2.58 bits per heavy atom. The van der Waals surface area contributed by atoms with Crippen LogP contribution in [0.15, 0.2) is 51.8 Å². The number of carbonyl (C=O) groups excluding carboxylic acids is 1. The van der Waals surface area contributed by atoms with Gasteiger partial charge >= 0.3 is 5.63 Å². The molecule has 2 aromatic carbocycles. The molecule has 208 valence electrons. The number of aromatic nitrogens is 2. The Morgan fingerprint density at radius 1 is 1.15 bits per heavy atom. The van der Waals surface area contributed by atoms with E-state index >= 15 is 0 Å². The quantitative estimate of drug-likeness (QED) is 0.252. The Balaban J connectivity index is 1.51. The van der Waals surface area contributed by atoms with E-state index in [0.717, 1.165) is 25.1 Å². The summed E-state index contributed by atoms with van der Waals surface area (Å²) in [6, 6.07) is 9.26. The molecule has 0 atom stereocenters. The molecule has 1 N–H and O–H groups in total. The van der Waals surface area contributed by atoms with Gasteiger partial charge in [-0.3, -0.25) is 4.79 Å². The van der Waals surface area contributed by atoms with Gasteiger partial charge in [-0.1, -0.05) is 0 Å². The van der Waals surface area contributed by atoms with Crippen LogP contribution in [-0.2, 0) is 0 Å². The van der Waals surface area contributed by atoms with E-state index in [4.69, 9.17) is 9.15 Å². The highest BCUT2D eigenvalue weighted by molar-refractivity contribution is 6.07. The van der Waals surface area contributed by atoms with Crippen molar-refractivity contribution in [3.05, 3.63) is 70.2 Å². The number of hydrogen-bond donors (Lipinski definition) is 1. The third-order valence-electron chi connectivity index (χ3n) is 7.16. The van der Waals surface area contributed by atoms with Crippen LogP contribution in [0.4, 0.5) is 26.1 Å². The number of anilines is 3. The topological polar surface area (TPSA) is 101 Å². The van der Waals surface area contributed by atoms with Crippen LogP contribution in [0.1, 0.15) is 30.1 Å². The normalized spacial score (nSPS) is 14.1. The lowest BCUT2D eigenvalue weighted by atomic mass is 10.00. The van der Waals surface area contributed by atoms with Crippen LogP contribution >= 0.6 is 0 Å². The number of hydrogen-bond acceptors (Lipinski definition) is 9. The maximum atomic E-state index is 14.7. The molecule has 0 spiro atoms. The number of methoxy groups -OCH3 is 1. The van der Waals surface area contributed by atoms with E-state index in [2.05, 4.69) is 25.1 Å². The fraction of sp³-hybridized carbons (Fsp3) is 0.310. The van der Waals surface area contributed by atoms with Gasteiger partial charge in [0.15, 0.2) is 11.6 Å². The summed E-state index contributed by atoms with van der Waals surface area (Å²) >= 11 is 0. The standard InChI is InChI=1S/C29H29F2N5O4/c1-16(37)25-27(36-11-9-19(10-12-36)35(2)3)21-8-6-18(14-24(21)40-28(25)38)33-29-32-15-22(31)26(34-29)20-7-5-17(30)13-23(20)39-4/h5-8,13-15,19H,9-12H2,1-4H3,(H,32,33,34).